The number of benzene rings is 1. The zero-order chi connectivity index (χ0) is 19.1. The molecule has 2 amide bonds. The lowest BCUT2D eigenvalue weighted by molar-refractivity contribution is -0.133. The summed E-state index contributed by atoms with van der Waals surface area (Å²) in [5, 5.41) is 3.07. The lowest BCUT2D eigenvalue weighted by Gasteiger charge is -2.33. The van der Waals surface area contributed by atoms with Gasteiger partial charge in [0.15, 0.2) is 0 Å². The Morgan fingerprint density at radius 1 is 1.19 bits per heavy atom. The lowest BCUT2D eigenvalue weighted by atomic mass is 10.0. The molecule has 0 spiro atoms. The molecule has 0 bridgehead atoms. The Bertz CT molecular complexity index is 618. The normalized spacial score (nSPS) is 20.5. The second-order valence-corrected chi connectivity index (χ2v) is 7.43. The van der Waals surface area contributed by atoms with Gasteiger partial charge in [-0.1, -0.05) is 17.7 Å². The predicted octanol–water partition coefficient (Wildman–Crippen LogP) is 2.44. The number of rotatable bonds is 7. The molecule has 0 radical (unpaired) electrons. The van der Waals surface area contributed by atoms with Gasteiger partial charge in [-0.25, -0.2) is 0 Å². The summed E-state index contributed by atoms with van der Waals surface area (Å²) in [6.45, 7) is 4.67. The van der Waals surface area contributed by atoms with E-state index in [1.807, 2.05) is 36.1 Å². The van der Waals surface area contributed by atoms with E-state index >= 15 is 0 Å². The van der Waals surface area contributed by atoms with E-state index in [9.17, 15) is 9.59 Å². The number of carbonyl (C=O) groups excluding carboxylic acids is 2. The molecule has 0 aliphatic carbocycles. The second kappa shape index (κ2) is 9.74. The molecule has 1 aromatic rings. The van der Waals surface area contributed by atoms with Crippen LogP contribution in [0.1, 0.15) is 44.1 Å². The average Bonchev–Trinajstić information content (AvgIpc) is 3.22. The third kappa shape index (κ3) is 5.96. The van der Waals surface area contributed by atoms with Crippen molar-refractivity contribution in [1.29, 1.82) is 0 Å². The maximum atomic E-state index is 12.4. The Kier molecular flexibility index (Phi) is 7.10. The van der Waals surface area contributed by atoms with Crippen molar-refractivity contribution in [3.05, 3.63) is 29.8 Å². The van der Waals surface area contributed by atoms with Crippen LogP contribution in [0.5, 0.6) is 5.75 Å². The summed E-state index contributed by atoms with van der Waals surface area (Å²) in [5.41, 5.74) is 1.20. The van der Waals surface area contributed by atoms with Crippen LogP contribution in [0.2, 0.25) is 0 Å². The molecule has 2 aliphatic heterocycles. The van der Waals surface area contributed by atoms with Gasteiger partial charge in [-0.2, -0.15) is 0 Å². The SMILES string of the molecule is Cc1ccc(OCCCC(=O)N2CCC(NC(=O)C3CCCO3)CC2)cc1. The summed E-state index contributed by atoms with van der Waals surface area (Å²) in [5.74, 6) is 1.02. The third-order valence-corrected chi connectivity index (χ3v) is 5.24. The molecule has 3 rings (SSSR count). The summed E-state index contributed by atoms with van der Waals surface area (Å²) < 4.78 is 11.1. The maximum Gasteiger partial charge on any atom is 0.249 e. The smallest absolute Gasteiger partial charge is 0.249 e. The summed E-state index contributed by atoms with van der Waals surface area (Å²) >= 11 is 0. The number of amides is 2. The van der Waals surface area contributed by atoms with E-state index in [-0.39, 0.29) is 24.0 Å². The van der Waals surface area contributed by atoms with E-state index in [1.54, 1.807) is 0 Å². The molecule has 1 N–H and O–H groups in total. The number of ether oxygens (including phenoxy) is 2. The minimum atomic E-state index is -0.279. The van der Waals surface area contributed by atoms with Gasteiger partial charge in [-0.05, 0) is 51.2 Å². The van der Waals surface area contributed by atoms with E-state index in [4.69, 9.17) is 9.47 Å². The third-order valence-electron chi connectivity index (χ3n) is 5.24. The maximum absolute atomic E-state index is 12.4. The molecule has 6 nitrogen and oxygen atoms in total. The summed E-state index contributed by atoms with van der Waals surface area (Å²) in [6, 6.07) is 8.08. The van der Waals surface area contributed by atoms with Gasteiger partial charge in [0.05, 0.1) is 6.61 Å². The number of piperidine rings is 1. The van der Waals surface area contributed by atoms with E-state index in [2.05, 4.69) is 5.32 Å². The quantitative estimate of drug-likeness (QED) is 0.745. The van der Waals surface area contributed by atoms with Crippen LogP contribution in [0.3, 0.4) is 0 Å². The van der Waals surface area contributed by atoms with Crippen LogP contribution in [-0.4, -0.2) is 55.2 Å². The molecule has 0 saturated carbocycles. The van der Waals surface area contributed by atoms with Crippen molar-refractivity contribution in [1.82, 2.24) is 10.2 Å². The van der Waals surface area contributed by atoms with E-state index in [0.29, 0.717) is 39.1 Å². The number of aryl methyl sites for hydroxylation is 1. The summed E-state index contributed by atoms with van der Waals surface area (Å²) in [7, 11) is 0. The molecule has 6 heteroatoms. The molecule has 27 heavy (non-hydrogen) atoms. The molecule has 2 aliphatic rings. The van der Waals surface area contributed by atoms with Crippen molar-refractivity contribution in [2.24, 2.45) is 0 Å². The Morgan fingerprint density at radius 2 is 1.93 bits per heavy atom. The predicted molar refractivity (Wildman–Crippen MR) is 103 cm³/mol. The average molecular weight is 374 g/mol. The van der Waals surface area contributed by atoms with Crippen molar-refractivity contribution in [3.8, 4) is 5.75 Å². The number of hydrogen-bond acceptors (Lipinski definition) is 4. The summed E-state index contributed by atoms with van der Waals surface area (Å²) in [4.78, 5) is 26.4. The van der Waals surface area contributed by atoms with Crippen LogP contribution < -0.4 is 10.1 Å². The first-order valence-electron chi connectivity index (χ1n) is 10.0. The van der Waals surface area contributed by atoms with Crippen LogP contribution in [0.15, 0.2) is 24.3 Å². The minimum Gasteiger partial charge on any atom is -0.494 e. The van der Waals surface area contributed by atoms with Gasteiger partial charge in [-0.3, -0.25) is 9.59 Å². The molecule has 1 aromatic carbocycles. The largest absolute Gasteiger partial charge is 0.494 e. The first kappa shape index (κ1) is 19.7. The second-order valence-electron chi connectivity index (χ2n) is 7.43. The van der Waals surface area contributed by atoms with E-state index in [1.165, 1.54) is 5.56 Å². The van der Waals surface area contributed by atoms with Gasteiger partial charge in [0.1, 0.15) is 11.9 Å². The van der Waals surface area contributed by atoms with Gasteiger partial charge >= 0.3 is 0 Å². The van der Waals surface area contributed by atoms with Crippen molar-refractivity contribution in [2.45, 2.75) is 57.6 Å². The van der Waals surface area contributed by atoms with E-state index in [0.717, 1.165) is 31.4 Å². The standard InChI is InChI=1S/C21H30N2O4/c1-16-6-8-18(9-7-16)26-14-3-5-20(24)23-12-10-17(11-13-23)22-21(25)19-4-2-15-27-19/h6-9,17,19H,2-5,10-15H2,1H3,(H,22,25). The van der Waals surface area contributed by atoms with Crippen molar-refractivity contribution < 1.29 is 19.1 Å². The Balaban J connectivity index is 1.30. The van der Waals surface area contributed by atoms with E-state index < -0.39 is 0 Å². The zero-order valence-electron chi connectivity index (χ0n) is 16.1. The van der Waals surface area contributed by atoms with Gasteiger partial charge in [0.25, 0.3) is 0 Å². The highest BCUT2D eigenvalue weighted by atomic mass is 16.5. The molecule has 2 saturated heterocycles. The van der Waals surface area contributed by atoms with Gasteiger partial charge in [-0.15, -0.1) is 0 Å². The fourth-order valence-electron chi connectivity index (χ4n) is 3.56. The fourth-order valence-corrected chi connectivity index (χ4v) is 3.56. The fraction of sp³-hybridized carbons (Fsp3) is 0.619. The molecular formula is C21H30N2O4. The zero-order valence-corrected chi connectivity index (χ0v) is 16.1. The van der Waals surface area contributed by atoms with Crippen LogP contribution in [0, 0.1) is 6.92 Å². The number of carbonyl (C=O) groups is 2. The monoisotopic (exact) mass is 374 g/mol. The lowest BCUT2D eigenvalue weighted by Crippen LogP contribution is -2.48. The van der Waals surface area contributed by atoms with Crippen molar-refractivity contribution in [2.75, 3.05) is 26.3 Å². The minimum absolute atomic E-state index is 0.00512. The first-order chi connectivity index (χ1) is 13.1. The Morgan fingerprint density at radius 3 is 2.59 bits per heavy atom. The number of nitrogens with zero attached hydrogens (tertiary/aromatic N) is 1. The highest BCUT2D eigenvalue weighted by Crippen LogP contribution is 2.16. The number of nitrogens with one attached hydrogen (secondary N) is 1. The van der Waals surface area contributed by atoms with Crippen LogP contribution in [0.25, 0.3) is 0 Å². The van der Waals surface area contributed by atoms with Gasteiger partial charge in [0, 0.05) is 32.2 Å². The van der Waals surface area contributed by atoms with Crippen LogP contribution in [0.4, 0.5) is 0 Å². The molecule has 2 heterocycles. The highest BCUT2D eigenvalue weighted by Gasteiger charge is 2.28. The molecule has 1 unspecified atom stereocenters. The Labute approximate surface area is 161 Å². The van der Waals surface area contributed by atoms with Crippen molar-refractivity contribution in [3.63, 3.8) is 0 Å². The van der Waals surface area contributed by atoms with Crippen molar-refractivity contribution >= 4 is 11.8 Å². The van der Waals surface area contributed by atoms with Gasteiger partial charge in [0.2, 0.25) is 11.8 Å². The van der Waals surface area contributed by atoms with Crippen LogP contribution >= 0.6 is 0 Å². The van der Waals surface area contributed by atoms with Gasteiger partial charge < -0.3 is 19.7 Å². The topological polar surface area (TPSA) is 67.9 Å². The molecule has 1 atom stereocenters. The number of hydrogen-bond donors (Lipinski definition) is 1. The Hall–Kier alpha value is -2.08. The summed E-state index contributed by atoms with van der Waals surface area (Å²) in [6.07, 6.45) is 4.32. The first-order valence-corrected chi connectivity index (χ1v) is 10.0. The molecule has 0 aromatic heterocycles. The number of likely N-dealkylation sites (tertiary alicyclic amines) is 1. The molecule has 2 fully saturated rings. The highest BCUT2D eigenvalue weighted by molar-refractivity contribution is 5.81. The molecule has 148 valence electrons. The van der Waals surface area contributed by atoms with Crippen LogP contribution in [-0.2, 0) is 14.3 Å². The molecular weight excluding hydrogens is 344 g/mol.